The second kappa shape index (κ2) is 15.6. The quantitative estimate of drug-likeness (QED) is 0.195. The summed E-state index contributed by atoms with van der Waals surface area (Å²) in [7, 11) is 0. The Morgan fingerprint density at radius 2 is 1.82 bits per heavy atom. The van der Waals surface area contributed by atoms with Crippen LogP contribution in [0, 0.1) is 0 Å². The van der Waals surface area contributed by atoms with E-state index in [1.54, 1.807) is 16.8 Å². The SMILES string of the molecule is CCCc1c(OCCC[NH+]2CCCC(n3nc(Cc4ccc(Cl)cc4)c4ccccc4c3=O)CC2)ccc(C(C)=O)c1O.[Cl-]. The minimum absolute atomic E-state index is 0. The molecule has 5 rings (SSSR count). The van der Waals surface area contributed by atoms with Crippen LogP contribution in [0.5, 0.6) is 11.5 Å². The Balaban J connectivity index is 0.00000442. The fourth-order valence-corrected chi connectivity index (χ4v) is 6.33. The number of nitrogens with zero attached hydrogens (tertiary/aromatic N) is 2. The molecule has 1 aliphatic rings. The molecule has 0 bridgehead atoms. The van der Waals surface area contributed by atoms with Crippen LogP contribution in [0.15, 0.2) is 65.5 Å². The molecular formula is C35H41Cl2N3O4. The number of hydrogen-bond donors (Lipinski definition) is 2. The van der Waals surface area contributed by atoms with E-state index in [0.29, 0.717) is 41.3 Å². The third kappa shape index (κ3) is 7.81. The number of fused-ring (bicyclic) bond motifs is 1. The molecule has 1 saturated heterocycles. The van der Waals surface area contributed by atoms with Crippen LogP contribution < -0.4 is 27.6 Å². The van der Waals surface area contributed by atoms with E-state index in [-0.39, 0.29) is 35.5 Å². The number of likely N-dealkylation sites (tertiary alicyclic amines) is 1. The lowest BCUT2D eigenvalue weighted by Gasteiger charge is -2.20. The highest BCUT2D eigenvalue weighted by Gasteiger charge is 2.24. The molecule has 1 aliphatic heterocycles. The molecule has 0 radical (unpaired) electrons. The third-order valence-corrected chi connectivity index (χ3v) is 8.74. The van der Waals surface area contributed by atoms with Crippen molar-refractivity contribution in [2.24, 2.45) is 0 Å². The zero-order valence-corrected chi connectivity index (χ0v) is 27.0. The zero-order valence-electron chi connectivity index (χ0n) is 25.5. The van der Waals surface area contributed by atoms with E-state index in [9.17, 15) is 14.7 Å². The van der Waals surface area contributed by atoms with Gasteiger partial charge in [0.2, 0.25) is 0 Å². The maximum atomic E-state index is 13.6. The van der Waals surface area contributed by atoms with Crippen molar-refractivity contribution in [3.63, 3.8) is 0 Å². The molecule has 9 heteroatoms. The lowest BCUT2D eigenvalue weighted by molar-refractivity contribution is -0.899. The molecule has 3 aromatic carbocycles. The van der Waals surface area contributed by atoms with Gasteiger partial charge in [-0.15, -0.1) is 0 Å². The Morgan fingerprint density at radius 3 is 2.55 bits per heavy atom. The van der Waals surface area contributed by atoms with Crippen LogP contribution in [0.1, 0.15) is 79.2 Å². The number of carbonyl (C=O) groups excluding carboxylic acids is 1. The fraction of sp³-hybridized carbons (Fsp3) is 0.400. The summed E-state index contributed by atoms with van der Waals surface area (Å²) in [6, 6.07) is 19.1. The Labute approximate surface area is 270 Å². The number of Topliss-reactive ketones (excluding diaryl/α,β-unsaturated/α-hetero) is 1. The molecule has 0 amide bonds. The number of halogens is 2. The van der Waals surface area contributed by atoms with Gasteiger partial charge < -0.3 is 27.2 Å². The third-order valence-electron chi connectivity index (χ3n) is 8.49. The Hall–Kier alpha value is -3.39. The van der Waals surface area contributed by atoms with Crippen LogP contribution in [-0.4, -0.2) is 46.9 Å². The normalized spacial score (nSPS) is 16.7. The minimum atomic E-state index is -0.150. The first-order valence-electron chi connectivity index (χ1n) is 15.4. The number of rotatable bonds is 11. The van der Waals surface area contributed by atoms with Crippen molar-refractivity contribution in [2.75, 3.05) is 26.2 Å². The molecule has 1 fully saturated rings. The van der Waals surface area contributed by atoms with E-state index in [4.69, 9.17) is 21.4 Å². The predicted octanol–water partition coefficient (Wildman–Crippen LogP) is 2.58. The number of ketones is 1. The number of phenolic OH excluding ortho intramolecular Hbond substituents is 1. The van der Waals surface area contributed by atoms with Gasteiger partial charge in [0, 0.05) is 35.2 Å². The largest absolute Gasteiger partial charge is 1.00 e. The van der Waals surface area contributed by atoms with Crippen molar-refractivity contribution in [3.8, 4) is 11.5 Å². The topological polar surface area (TPSA) is 85.9 Å². The van der Waals surface area contributed by atoms with Gasteiger partial charge in [-0.1, -0.05) is 55.3 Å². The van der Waals surface area contributed by atoms with Crippen LogP contribution >= 0.6 is 11.6 Å². The number of quaternary nitrogens is 1. The molecule has 2 unspecified atom stereocenters. The van der Waals surface area contributed by atoms with Gasteiger partial charge in [-0.3, -0.25) is 9.59 Å². The molecule has 234 valence electrons. The molecule has 2 N–H and O–H groups in total. The second-order valence-electron chi connectivity index (χ2n) is 11.6. The van der Waals surface area contributed by atoms with Crippen molar-refractivity contribution >= 4 is 28.2 Å². The average Bonchev–Trinajstić information content (AvgIpc) is 3.25. The van der Waals surface area contributed by atoms with Crippen LogP contribution in [-0.2, 0) is 12.8 Å². The summed E-state index contributed by atoms with van der Waals surface area (Å²) in [4.78, 5) is 27.0. The van der Waals surface area contributed by atoms with Crippen molar-refractivity contribution in [1.29, 1.82) is 0 Å². The van der Waals surface area contributed by atoms with Gasteiger partial charge in [-0.2, -0.15) is 5.10 Å². The van der Waals surface area contributed by atoms with Crippen molar-refractivity contribution in [1.82, 2.24) is 9.78 Å². The van der Waals surface area contributed by atoms with Gasteiger partial charge >= 0.3 is 0 Å². The highest BCUT2D eigenvalue weighted by Crippen LogP contribution is 2.33. The maximum absolute atomic E-state index is 13.6. The van der Waals surface area contributed by atoms with Gasteiger partial charge in [0.1, 0.15) is 11.5 Å². The van der Waals surface area contributed by atoms with E-state index >= 15 is 0 Å². The summed E-state index contributed by atoms with van der Waals surface area (Å²) in [6.45, 7) is 7.03. The van der Waals surface area contributed by atoms with Crippen LogP contribution in [0.25, 0.3) is 10.8 Å². The van der Waals surface area contributed by atoms with E-state index in [0.717, 1.165) is 73.8 Å². The molecule has 4 aromatic rings. The Bertz CT molecular complexity index is 1640. The first-order chi connectivity index (χ1) is 20.9. The summed E-state index contributed by atoms with van der Waals surface area (Å²) in [5.41, 5.74) is 3.06. The van der Waals surface area contributed by atoms with Gasteiger partial charge in [-0.05, 0) is 62.1 Å². The lowest BCUT2D eigenvalue weighted by atomic mass is 10.0. The van der Waals surface area contributed by atoms with Crippen molar-refractivity contribution < 1.29 is 31.9 Å². The predicted molar refractivity (Wildman–Crippen MR) is 171 cm³/mol. The average molecular weight is 639 g/mol. The standard InChI is InChI=1S/C35H40ClN3O4.ClH/c1-3-8-31-33(17-16-28(24(2)40)34(31)41)43-22-7-20-38-19-6-9-27(18-21-38)39-35(42)30-11-5-4-10-29(30)32(37-39)23-25-12-14-26(36)15-13-25;/h4-5,10-17,27,41H,3,6-9,18-23H2,1-2H3;1H. The zero-order chi connectivity index (χ0) is 30.3. The Morgan fingerprint density at radius 1 is 1.07 bits per heavy atom. The molecule has 7 nitrogen and oxygen atoms in total. The first kappa shape index (κ1) is 33.5. The highest BCUT2D eigenvalue weighted by atomic mass is 35.5. The number of ether oxygens (including phenoxy) is 1. The molecule has 0 spiro atoms. The van der Waals surface area contributed by atoms with E-state index in [1.807, 2.05) is 55.5 Å². The molecule has 0 saturated carbocycles. The number of carbonyl (C=O) groups is 1. The molecule has 44 heavy (non-hydrogen) atoms. The second-order valence-corrected chi connectivity index (χ2v) is 12.0. The monoisotopic (exact) mass is 637 g/mol. The van der Waals surface area contributed by atoms with E-state index < -0.39 is 0 Å². The van der Waals surface area contributed by atoms with Crippen LogP contribution in [0.2, 0.25) is 5.02 Å². The van der Waals surface area contributed by atoms with Gasteiger partial charge in [0.15, 0.2) is 5.78 Å². The smallest absolute Gasteiger partial charge is 0.274 e. The van der Waals surface area contributed by atoms with Crippen molar-refractivity contribution in [2.45, 2.75) is 64.8 Å². The Kier molecular flexibility index (Phi) is 11.8. The number of nitrogens with one attached hydrogen (secondary N) is 1. The fourth-order valence-electron chi connectivity index (χ4n) is 6.20. The van der Waals surface area contributed by atoms with Crippen LogP contribution in [0.3, 0.4) is 0 Å². The summed E-state index contributed by atoms with van der Waals surface area (Å²) in [5.74, 6) is 0.555. The number of phenols is 1. The van der Waals surface area contributed by atoms with Crippen LogP contribution in [0.4, 0.5) is 0 Å². The highest BCUT2D eigenvalue weighted by molar-refractivity contribution is 6.30. The summed E-state index contributed by atoms with van der Waals surface area (Å²) in [6.07, 6.45) is 5.86. The van der Waals surface area contributed by atoms with Gasteiger partial charge in [0.25, 0.3) is 5.56 Å². The minimum Gasteiger partial charge on any atom is -1.00 e. The molecule has 0 aliphatic carbocycles. The summed E-state index contributed by atoms with van der Waals surface area (Å²) < 4.78 is 7.85. The first-order valence-corrected chi connectivity index (χ1v) is 15.8. The number of aromatic hydroxyl groups is 1. The van der Waals surface area contributed by atoms with Crippen molar-refractivity contribution in [3.05, 3.63) is 98.4 Å². The summed E-state index contributed by atoms with van der Waals surface area (Å²) >= 11 is 6.10. The summed E-state index contributed by atoms with van der Waals surface area (Å²) in [5, 5.41) is 17.9. The number of hydrogen-bond acceptors (Lipinski definition) is 5. The molecule has 2 atom stereocenters. The van der Waals surface area contributed by atoms with Gasteiger partial charge in [-0.25, -0.2) is 4.68 Å². The van der Waals surface area contributed by atoms with E-state index in [1.165, 1.54) is 11.8 Å². The lowest BCUT2D eigenvalue weighted by Crippen LogP contribution is -3.11. The molecular weight excluding hydrogens is 597 g/mol. The number of benzene rings is 3. The van der Waals surface area contributed by atoms with E-state index in [2.05, 4.69) is 0 Å². The number of aromatic nitrogens is 2. The maximum Gasteiger partial charge on any atom is 0.274 e. The molecule has 1 aromatic heterocycles. The van der Waals surface area contributed by atoms with Gasteiger partial charge in [0.05, 0.1) is 48.9 Å². The molecule has 2 heterocycles.